The minimum Gasteiger partial charge on any atom is -0.325 e. The minimum atomic E-state index is -3.80. The maximum Gasteiger partial charge on any atom is 0.261 e. The minimum absolute atomic E-state index is 0.0102. The Morgan fingerprint density at radius 1 is 0.875 bits per heavy atom. The molecule has 3 aromatic carbocycles. The van der Waals surface area contributed by atoms with Gasteiger partial charge < -0.3 is 5.32 Å². The fraction of sp³-hybridized carbons (Fsp3) is 0.0952. The van der Waals surface area contributed by atoms with Crippen LogP contribution < -0.4 is 14.3 Å². The summed E-state index contributed by atoms with van der Waals surface area (Å²) in [6.07, 6.45) is 0.987. The van der Waals surface area contributed by atoms with Gasteiger partial charge in [0.05, 0.1) is 16.8 Å². The molecule has 2 N–H and O–H groups in total. The van der Waals surface area contributed by atoms with Crippen LogP contribution in [0, 0.1) is 0 Å². The largest absolute Gasteiger partial charge is 0.325 e. The third-order valence-electron chi connectivity index (χ3n) is 4.26. The van der Waals surface area contributed by atoms with E-state index in [1.807, 2.05) is 0 Å². The first-order valence-electron chi connectivity index (χ1n) is 9.26. The Morgan fingerprint density at radius 2 is 1.53 bits per heavy atom. The van der Waals surface area contributed by atoms with E-state index in [-0.39, 0.29) is 10.6 Å². The molecule has 0 unspecified atom stereocenters. The average Bonchev–Trinajstić information content (AvgIpc) is 2.72. The Hall–Kier alpha value is -3.08. The molecular formula is C21H20ClN3O5S2. The molecule has 0 saturated heterocycles. The molecule has 1 amide bonds. The van der Waals surface area contributed by atoms with Crippen molar-refractivity contribution in [2.45, 2.75) is 4.90 Å². The maximum atomic E-state index is 12.5. The predicted molar refractivity (Wildman–Crippen MR) is 126 cm³/mol. The van der Waals surface area contributed by atoms with Crippen molar-refractivity contribution in [3.05, 3.63) is 83.9 Å². The number of carbonyl (C=O) groups is 1. The summed E-state index contributed by atoms with van der Waals surface area (Å²) >= 11 is 5.93. The summed E-state index contributed by atoms with van der Waals surface area (Å²) in [6.45, 7) is -0.477. The van der Waals surface area contributed by atoms with Gasteiger partial charge >= 0.3 is 0 Å². The summed E-state index contributed by atoms with van der Waals surface area (Å²) in [6, 6.07) is 20.1. The van der Waals surface area contributed by atoms with Gasteiger partial charge in [0, 0.05) is 16.4 Å². The number of hydrogen-bond donors (Lipinski definition) is 2. The highest BCUT2D eigenvalue weighted by Gasteiger charge is 2.21. The zero-order chi connectivity index (χ0) is 23.4. The lowest BCUT2D eigenvalue weighted by atomic mass is 10.3. The third kappa shape index (κ3) is 6.22. The number of anilines is 3. The van der Waals surface area contributed by atoms with Gasteiger partial charge in [-0.15, -0.1) is 0 Å². The lowest BCUT2D eigenvalue weighted by molar-refractivity contribution is -0.114. The number of nitrogens with zero attached hydrogens (tertiary/aromatic N) is 1. The lowest BCUT2D eigenvalue weighted by Crippen LogP contribution is -2.37. The normalized spacial score (nSPS) is 11.6. The second-order valence-electron chi connectivity index (χ2n) is 6.79. The molecule has 0 aliphatic rings. The van der Waals surface area contributed by atoms with Crippen LogP contribution in [0.1, 0.15) is 0 Å². The fourth-order valence-corrected chi connectivity index (χ4v) is 4.89. The highest BCUT2D eigenvalue weighted by atomic mass is 35.5. The topological polar surface area (TPSA) is 113 Å². The number of benzene rings is 3. The molecule has 0 bridgehead atoms. The number of nitrogens with one attached hydrogen (secondary N) is 2. The van der Waals surface area contributed by atoms with Gasteiger partial charge in [-0.2, -0.15) is 0 Å². The zero-order valence-corrected chi connectivity index (χ0v) is 19.3. The number of para-hydroxylation sites is 1. The van der Waals surface area contributed by atoms with Crippen LogP contribution in [0.15, 0.2) is 83.8 Å². The Morgan fingerprint density at radius 3 is 2.12 bits per heavy atom. The van der Waals surface area contributed by atoms with E-state index in [1.165, 1.54) is 36.4 Å². The molecule has 0 heterocycles. The van der Waals surface area contributed by atoms with Crippen LogP contribution >= 0.6 is 11.6 Å². The summed E-state index contributed by atoms with van der Waals surface area (Å²) < 4.78 is 52.7. The molecule has 0 aromatic heterocycles. The van der Waals surface area contributed by atoms with Crippen LogP contribution in [0.2, 0.25) is 5.02 Å². The maximum absolute atomic E-state index is 12.5. The number of carbonyl (C=O) groups excluding carboxylic acids is 1. The van der Waals surface area contributed by atoms with E-state index in [2.05, 4.69) is 10.0 Å². The molecule has 3 rings (SSSR count). The molecule has 8 nitrogen and oxygen atoms in total. The highest BCUT2D eigenvalue weighted by molar-refractivity contribution is 7.92. The van der Waals surface area contributed by atoms with Crippen LogP contribution in [0.3, 0.4) is 0 Å². The van der Waals surface area contributed by atoms with Gasteiger partial charge in [0.2, 0.25) is 15.9 Å². The van der Waals surface area contributed by atoms with Gasteiger partial charge in [0.25, 0.3) is 10.0 Å². The van der Waals surface area contributed by atoms with E-state index in [4.69, 9.17) is 11.6 Å². The Labute approximate surface area is 191 Å². The molecule has 0 aliphatic heterocycles. The molecule has 0 aliphatic carbocycles. The van der Waals surface area contributed by atoms with Crippen molar-refractivity contribution >= 4 is 54.6 Å². The lowest BCUT2D eigenvalue weighted by Gasteiger charge is -2.22. The molecular weight excluding hydrogens is 474 g/mol. The van der Waals surface area contributed by atoms with E-state index in [9.17, 15) is 21.6 Å². The third-order valence-corrected chi connectivity index (χ3v) is 7.03. The van der Waals surface area contributed by atoms with Gasteiger partial charge in [-0.3, -0.25) is 13.8 Å². The van der Waals surface area contributed by atoms with Crippen LogP contribution in [0.4, 0.5) is 17.1 Å². The second-order valence-corrected chi connectivity index (χ2v) is 10.8. The van der Waals surface area contributed by atoms with Crippen molar-refractivity contribution in [1.29, 1.82) is 0 Å². The molecule has 168 valence electrons. The smallest absolute Gasteiger partial charge is 0.261 e. The van der Waals surface area contributed by atoms with E-state index >= 15 is 0 Å². The fourth-order valence-electron chi connectivity index (χ4n) is 2.80. The summed E-state index contributed by atoms with van der Waals surface area (Å²) in [5.74, 6) is -0.603. The monoisotopic (exact) mass is 493 g/mol. The summed E-state index contributed by atoms with van der Waals surface area (Å²) in [5, 5.41) is 2.89. The van der Waals surface area contributed by atoms with Crippen LogP contribution in [0.5, 0.6) is 0 Å². The summed E-state index contributed by atoms with van der Waals surface area (Å²) in [5.41, 5.74) is 0.989. The van der Waals surface area contributed by atoms with E-state index in [0.29, 0.717) is 16.4 Å². The van der Waals surface area contributed by atoms with Crippen molar-refractivity contribution in [1.82, 2.24) is 0 Å². The van der Waals surface area contributed by atoms with E-state index < -0.39 is 32.5 Å². The molecule has 32 heavy (non-hydrogen) atoms. The van der Waals surface area contributed by atoms with Crippen LogP contribution in [-0.4, -0.2) is 35.5 Å². The SMILES string of the molecule is CS(=O)(=O)N(CC(=O)Nc1ccc(S(=O)(=O)Nc2ccccc2)cc1)c1cccc(Cl)c1. The van der Waals surface area contributed by atoms with Crippen LogP contribution in [0.25, 0.3) is 0 Å². The predicted octanol–water partition coefficient (Wildman–Crippen LogP) is 3.55. The standard InChI is InChI=1S/C21H20ClN3O5S2/c1-31(27,28)25(19-9-5-6-16(22)14-19)15-21(26)23-17-10-12-20(13-11-17)32(29,30)24-18-7-3-2-4-8-18/h2-14,24H,15H2,1H3,(H,23,26). The Bertz CT molecular complexity index is 1310. The van der Waals surface area contributed by atoms with E-state index in [0.717, 1.165) is 10.6 Å². The number of sulfonamides is 2. The number of hydrogen-bond acceptors (Lipinski definition) is 5. The molecule has 3 aromatic rings. The van der Waals surface area contributed by atoms with E-state index in [1.54, 1.807) is 42.5 Å². The van der Waals surface area contributed by atoms with Gasteiger partial charge in [-0.1, -0.05) is 35.9 Å². The number of rotatable bonds is 8. The Balaban J connectivity index is 1.71. The molecule has 0 atom stereocenters. The Kier molecular flexibility index (Phi) is 7.07. The zero-order valence-electron chi connectivity index (χ0n) is 16.9. The first-order chi connectivity index (χ1) is 15.0. The van der Waals surface area contributed by atoms with Gasteiger partial charge in [0.1, 0.15) is 6.54 Å². The van der Waals surface area contributed by atoms with Gasteiger partial charge in [0.15, 0.2) is 0 Å². The summed E-state index contributed by atoms with van der Waals surface area (Å²) in [7, 11) is -7.55. The van der Waals surface area contributed by atoms with Crippen molar-refractivity contribution in [3.63, 3.8) is 0 Å². The van der Waals surface area contributed by atoms with Crippen molar-refractivity contribution in [2.75, 3.05) is 27.1 Å². The van der Waals surface area contributed by atoms with Crippen LogP contribution in [-0.2, 0) is 24.8 Å². The first kappa shape index (κ1) is 23.6. The molecule has 0 fully saturated rings. The van der Waals surface area contributed by atoms with Gasteiger partial charge in [-0.25, -0.2) is 16.8 Å². The second kappa shape index (κ2) is 9.60. The molecule has 11 heteroatoms. The quantitative estimate of drug-likeness (QED) is 0.498. The average molecular weight is 494 g/mol. The molecule has 0 saturated carbocycles. The van der Waals surface area contributed by atoms with Crippen molar-refractivity contribution in [2.24, 2.45) is 0 Å². The van der Waals surface area contributed by atoms with Crippen molar-refractivity contribution < 1.29 is 21.6 Å². The number of amides is 1. The first-order valence-corrected chi connectivity index (χ1v) is 13.0. The number of halogens is 1. The summed E-state index contributed by atoms with van der Waals surface area (Å²) in [4.78, 5) is 12.5. The van der Waals surface area contributed by atoms with Crippen molar-refractivity contribution in [3.8, 4) is 0 Å². The highest BCUT2D eigenvalue weighted by Crippen LogP contribution is 2.22. The molecule has 0 spiro atoms. The molecule has 0 radical (unpaired) electrons. The van der Waals surface area contributed by atoms with Gasteiger partial charge in [-0.05, 0) is 54.6 Å².